The van der Waals surface area contributed by atoms with Gasteiger partial charge in [0, 0.05) is 5.56 Å². The molecule has 0 unspecified atom stereocenters. The van der Waals surface area contributed by atoms with Gasteiger partial charge in [0.1, 0.15) is 0 Å². The molecule has 0 aromatic heterocycles. The summed E-state index contributed by atoms with van der Waals surface area (Å²) in [6, 6.07) is 6.58. The fraction of sp³-hybridized carbons (Fsp3) is 0.200. The number of ether oxygens (including phenoxy) is 1. The molecule has 74 valence electrons. The molecule has 0 saturated heterocycles. The lowest BCUT2D eigenvalue weighted by molar-refractivity contribution is -0.139. The Morgan fingerprint density at radius 1 is 1.43 bits per heavy atom. The zero-order valence-corrected chi connectivity index (χ0v) is 8.38. The van der Waals surface area contributed by atoms with Crippen LogP contribution in [-0.4, -0.2) is 18.3 Å². The lowest BCUT2D eigenvalue weighted by atomic mass is 10.1. The maximum atomic E-state index is 10.9. The van der Waals surface area contributed by atoms with Gasteiger partial charge in [0.15, 0.2) is 0 Å². The van der Waals surface area contributed by atoms with E-state index in [2.05, 4.69) is 4.74 Å². The predicted molar refractivity (Wildman–Crippen MR) is 52.3 cm³/mol. The average Bonchev–Trinajstić information content (AvgIpc) is 2.18. The number of benzene rings is 1. The molecule has 1 aromatic carbocycles. The molecule has 1 rings (SSSR count). The number of carbonyl (C=O) groups is 2. The highest BCUT2D eigenvalue weighted by atomic mass is 35.5. The van der Waals surface area contributed by atoms with E-state index >= 15 is 0 Å². The van der Waals surface area contributed by atoms with Crippen LogP contribution in [0.15, 0.2) is 24.3 Å². The van der Waals surface area contributed by atoms with E-state index in [0.29, 0.717) is 11.1 Å². The zero-order valence-electron chi connectivity index (χ0n) is 7.62. The number of rotatable bonds is 3. The van der Waals surface area contributed by atoms with Gasteiger partial charge in [-0.3, -0.25) is 9.59 Å². The molecule has 0 aliphatic rings. The van der Waals surface area contributed by atoms with E-state index in [9.17, 15) is 9.59 Å². The third-order valence-corrected chi connectivity index (χ3v) is 1.95. The third-order valence-electron chi connectivity index (χ3n) is 1.73. The molecule has 0 atom stereocenters. The standard InChI is InChI=1S/C10H9ClO3/c1-14-9(12)6-7-3-2-4-8(5-7)10(11)13/h2-5H,6H2,1H3. The van der Waals surface area contributed by atoms with E-state index < -0.39 is 5.24 Å². The van der Waals surface area contributed by atoms with Crippen LogP contribution >= 0.6 is 11.6 Å². The van der Waals surface area contributed by atoms with Crippen LogP contribution in [0.1, 0.15) is 15.9 Å². The normalized spacial score (nSPS) is 9.57. The summed E-state index contributed by atoms with van der Waals surface area (Å²) in [5, 5.41) is -0.531. The minimum Gasteiger partial charge on any atom is -0.469 e. The van der Waals surface area contributed by atoms with E-state index in [1.165, 1.54) is 7.11 Å². The van der Waals surface area contributed by atoms with E-state index in [0.717, 1.165) is 0 Å². The fourth-order valence-corrected chi connectivity index (χ4v) is 1.16. The van der Waals surface area contributed by atoms with E-state index in [4.69, 9.17) is 11.6 Å². The smallest absolute Gasteiger partial charge is 0.309 e. The molecule has 4 heteroatoms. The van der Waals surface area contributed by atoms with Crippen LogP contribution in [0.2, 0.25) is 0 Å². The van der Waals surface area contributed by atoms with Gasteiger partial charge < -0.3 is 4.74 Å². The summed E-state index contributed by atoms with van der Waals surface area (Å²) in [6.07, 6.45) is 0.147. The monoisotopic (exact) mass is 212 g/mol. The van der Waals surface area contributed by atoms with Gasteiger partial charge in [0.25, 0.3) is 5.24 Å². The SMILES string of the molecule is COC(=O)Cc1cccc(C(=O)Cl)c1. The first-order valence-electron chi connectivity index (χ1n) is 3.99. The minimum absolute atomic E-state index is 0.147. The molecule has 14 heavy (non-hydrogen) atoms. The Kier molecular flexibility index (Phi) is 3.65. The van der Waals surface area contributed by atoms with Crippen molar-refractivity contribution in [3.63, 3.8) is 0 Å². The second-order valence-electron chi connectivity index (χ2n) is 2.73. The quantitative estimate of drug-likeness (QED) is 0.567. The van der Waals surface area contributed by atoms with E-state index in [1.54, 1.807) is 24.3 Å². The molecule has 3 nitrogen and oxygen atoms in total. The Labute approximate surface area is 86.6 Å². The second kappa shape index (κ2) is 4.77. The molecular weight excluding hydrogens is 204 g/mol. The lowest BCUT2D eigenvalue weighted by Gasteiger charge is -2.00. The highest BCUT2D eigenvalue weighted by Crippen LogP contribution is 2.08. The Hall–Kier alpha value is -1.35. The predicted octanol–water partition coefficient (Wildman–Crippen LogP) is 1.78. The number of hydrogen-bond donors (Lipinski definition) is 0. The van der Waals surface area contributed by atoms with Gasteiger partial charge in [0.05, 0.1) is 13.5 Å². The first-order valence-corrected chi connectivity index (χ1v) is 4.37. The van der Waals surface area contributed by atoms with Crippen molar-refractivity contribution < 1.29 is 14.3 Å². The summed E-state index contributed by atoms with van der Waals surface area (Å²) >= 11 is 5.29. The van der Waals surface area contributed by atoms with Crippen LogP contribution in [0, 0.1) is 0 Å². The van der Waals surface area contributed by atoms with Crippen molar-refractivity contribution in [2.75, 3.05) is 7.11 Å². The van der Waals surface area contributed by atoms with Crippen molar-refractivity contribution in [1.29, 1.82) is 0 Å². The molecule has 0 amide bonds. The minimum atomic E-state index is -0.531. The number of carbonyl (C=O) groups excluding carboxylic acids is 2. The topological polar surface area (TPSA) is 43.4 Å². The van der Waals surface area contributed by atoms with Gasteiger partial charge in [-0.1, -0.05) is 18.2 Å². The van der Waals surface area contributed by atoms with Crippen LogP contribution in [-0.2, 0) is 16.0 Å². The summed E-state index contributed by atoms with van der Waals surface area (Å²) < 4.78 is 4.50. The van der Waals surface area contributed by atoms with Crippen LogP contribution in [0.4, 0.5) is 0 Å². The van der Waals surface area contributed by atoms with Crippen molar-refractivity contribution in [2.45, 2.75) is 6.42 Å². The van der Waals surface area contributed by atoms with Gasteiger partial charge in [-0.15, -0.1) is 0 Å². The van der Waals surface area contributed by atoms with Crippen LogP contribution in [0.5, 0.6) is 0 Å². The van der Waals surface area contributed by atoms with Crippen LogP contribution < -0.4 is 0 Å². The molecule has 0 aliphatic heterocycles. The van der Waals surface area contributed by atoms with Gasteiger partial charge in [-0.05, 0) is 23.2 Å². The van der Waals surface area contributed by atoms with Gasteiger partial charge >= 0.3 is 5.97 Å². The number of halogens is 1. The summed E-state index contributed by atoms with van der Waals surface area (Å²) in [5.41, 5.74) is 1.09. The first-order chi connectivity index (χ1) is 6.63. The Morgan fingerprint density at radius 2 is 2.14 bits per heavy atom. The number of methoxy groups -OCH3 is 1. The lowest BCUT2D eigenvalue weighted by Crippen LogP contribution is -2.04. The molecule has 0 fully saturated rings. The maximum Gasteiger partial charge on any atom is 0.309 e. The van der Waals surface area contributed by atoms with Crippen molar-refractivity contribution in [3.05, 3.63) is 35.4 Å². The zero-order chi connectivity index (χ0) is 10.6. The van der Waals surface area contributed by atoms with Crippen molar-refractivity contribution in [2.24, 2.45) is 0 Å². The number of esters is 1. The summed E-state index contributed by atoms with van der Waals surface area (Å²) in [7, 11) is 1.32. The molecule has 0 saturated carbocycles. The van der Waals surface area contributed by atoms with Crippen molar-refractivity contribution in [1.82, 2.24) is 0 Å². The molecular formula is C10H9ClO3. The average molecular weight is 213 g/mol. The van der Waals surface area contributed by atoms with E-state index in [-0.39, 0.29) is 12.4 Å². The molecule has 0 aliphatic carbocycles. The molecule has 0 radical (unpaired) electrons. The maximum absolute atomic E-state index is 10.9. The van der Waals surface area contributed by atoms with Gasteiger partial charge in [-0.2, -0.15) is 0 Å². The van der Waals surface area contributed by atoms with Crippen LogP contribution in [0.3, 0.4) is 0 Å². The molecule has 0 heterocycles. The first kappa shape index (κ1) is 10.7. The number of hydrogen-bond acceptors (Lipinski definition) is 3. The van der Waals surface area contributed by atoms with Crippen LogP contribution in [0.25, 0.3) is 0 Å². The largest absolute Gasteiger partial charge is 0.469 e. The summed E-state index contributed by atoms with van der Waals surface area (Å²) in [4.78, 5) is 21.7. The van der Waals surface area contributed by atoms with Crippen molar-refractivity contribution >= 4 is 22.8 Å². The Balaban J connectivity index is 2.83. The van der Waals surface area contributed by atoms with E-state index in [1.807, 2.05) is 0 Å². The third kappa shape index (κ3) is 2.85. The second-order valence-corrected chi connectivity index (χ2v) is 3.07. The summed E-state index contributed by atoms with van der Waals surface area (Å²) in [5.74, 6) is -0.343. The fourth-order valence-electron chi connectivity index (χ4n) is 1.04. The molecule has 0 bridgehead atoms. The van der Waals surface area contributed by atoms with Gasteiger partial charge in [-0.25, -0.2) is 0 Å². The van der Waals surface area contributed by atoms with Gasteiger partial charge in [0.2, 0.25) is 0 Å². The highest BCUT2D eigenvalue weighted by Gasteiger charge is 2.06. The Bertz CT molecular complexity index is 360. The molecule has 0 spiro atoms. The molecule has 1 aromatic rings. The molecule has 0 N–H and O–H groups in total. The highest BCUT2D eigenvalue weighted by molar-refractivity contribution is 6.67. The summed E-state index contributed by atoms with van der Waals surface area (Å²) in [6.45, 7) is 0. The Morgan fingerprint density at radius 3 is 2.71 bits per heavy atom. The van der Waals surface area contributed by atoms with Crippen molar-refractivity contribution in [3.8, 4) is 0 Å².